The maximum absolute atomic E-state index is 9.66. The Labute approximate surface area is 116 Å². The molecule has 0 aromatic heterocycles. The van der Waals surface area contributed by atoms with Gasteiger partial charge in [-0.05, 0) is 31.4 Å². The highest BCUT2D eigenvalue weighted by molar-refractivity contribution is 5.14. The monoisotopic (exact) mass is 262 g/mol. The van der Waals surface area contributed by atoms with Crippen molar-refractivity contribution in [2.45, 2.75) is 38.3 Å². The van der Waals surface area contributed by atoms with Gasteiger partial charge in [-0.2, -0.15) is 0 Å². The smallest absolute Gasteiger partial charge is 0.0614 e. The fourth-order valence-electron chi connectivity index (χ4n) is 2.76. The number of rotatable bonds is 6. The van der Waals surface area contributed by atoms with Gasteiger partial charge in [0.1, 0.15) is 0 Å². The average Bonchev–Trinajstić information content (AvgIpc) is 2.48. The molecular formula is C16H26N2O. The van der Waals surface area contributed by atoms with Gasteiger partial charge in [-0.25, -0.2) is 0 Å². The quantitative estimate of drug-likeness (QED) is 0.823. The summed E-state index contributed by atoms with van der Waals surface area (Å²) in [6, 6.07) is 10.6. The van der Waals surface area contributed by atoms with Crippen molar-refractivity contribution in [1.82, 2.24) is 10.2 Å². The van der Waals surface area contributed by atoms with Gasteiger partial charge in [0.2, 0.25) is 0 Å². The Hall–Kier alpha value is -0.900. The van der Waals surface area contributed by atoms with Gasteiger partial charge in [-0.15, -0.1) is 0 Å². The summed E-state index contributed by atoms with van der Waals surface area (Å²) in [6.45, 7) is 6.57. The number of hydrogen-bond donors (Lipinski definition) is 2. The first-order valence-corrected chi connectivity index (χ1v) is 7.40. The Morgan fingerprint density at radius 1 is 1.21 bits per heavy atom. The fraction of sp³-hybridized carbons (Fsp3) is 0.625. The van der Waals surface area contributed by atoms with E-state index in [1.165, 1.54) is 5.56 Å². The van der Waals surface area contributed by atoms with E-state index in [1.54, 1.807) is 0 Å². The lowest BCUT2D eigenvalue weighted by Gasteiger charge is -2.41. The predicted octanol–water partition coefficient (Wildman–Crippen LogP) is 2.01. The van der Waals surface area contributed by atoms with E-state index in [0.717, 1.165) is 45.4 Å². The molecule has 0 spiro atoms. The second-order valence-electron chi connectivity index (χ2n) is 5.63. The van der Waals surface area contributed by atoms with Crippen molar-refractivity contribution in [3.63, 3.8) is 0 Å². The minimum atomic E-state index is -0.0385. The molecule has 1 aromatic rings. The third-order valence-corrected chi connectivity index (χ3v) is 4.11. The van der Waals surface area contributed by atoms with Crippen LogP contribution < -0.4 is 5.32 Å². The molecule has 1 aliphatic rings. The van der Waals surface area contributed by atoms with Crippen LogP contribution in [0.4, 0.5) is 0 Å². The van der Waals surface area contributed by atoms with E-state index < -0.39 is 0 Å². The zero-order valence-electron chi connectivity index (χ0n) is 11.9. The highest BCUT2D eigenvalue weighted by Crippen LogP contribution is 2.23. The van der Waals surface area contributed by atoms with Crippen molar-refractivity contribution in [2.24, 2.45) is 0 Å². The topological polar surface area (TPSA) is 35.5 Å². The number of nitrogens with zero attached hydrogens (tertiary/aromatic N) is 1. The summed E-state index contributed by atoms with van der Waals surface area (Å²) in [5, 5.41) is 13.2. The Morgan fingerprint density at radius 2 is 1.89 bits per heavy atom. The molecule has 2 N–H and O–H groups in total. The molecule has 1 fully saturated rings. The standard InChI is InChI=1S/C16H26N2O/c1-2-10-17-16(14-19)8-11-18(12-9-16)13-15-6-4-3-5-7-15/h3-7,17,19H,2,8-14H2,1H3. The first kappa shape index (κ1) is 14.5. The van der Waals surface area contributed by atoms with Crippen molar-refractivity contribution >= 4 is 0 Å². The third kappa shape index (κ3) is 4.03. The van der Waals surface area contributed by atoms with Crippen LogP contribution in [-0.2, 0) is 6.54 Å². The lowest BCUT2D eigenvalue weighted by Crippen LogP contribution is -2.55. The summed E-state index contributed by atoms with van der Waals surface area (Å²) in [6.07, 6.45) is 3.20. The van der Waals surface area contributed by atoms with Gasteiger partial charge < -0.3 is 10.4 Å². The van der Waals surface area contributed by atoms with Crippen LogP contribution in [0.5, 0.6) is 0 Å². The first-order valence-electron chi connectivity index (χ1n) is 7.40. The van der Waals surface area contributed by atoms with Crippen LogP contribution in [0.2, 0.25) is 0 Å². The number of likely N-dealkylation sites (tertiary alicyclic amines) is 1. The van der Waals surface area contributed by atoms with Crippen LogP contribution in [0, 0.1) is 0 Å². The minimum absolute atomic E-state index is 0.0385. The van der Waals surface area contributed by atoms with Crippen molar-refractivity contribution in [2.75, 3.05) is 26.2 Å². The predicted molar refractivity (Wildman–Crippen MR) is 79.1 cm³/mol. The number of hydrogen-bond acceptors (Lipinski definition) is 3. The summed E-state index contributed by atoms with van der Waals surface area (Å²) in [5.74, 6) is 0. The van der Waals surface area contributed by atoms with Crippen molar-refractivity contribution in [3.05, 3.63) is 35.9 Å². The lowest BCUT2D eigenvalue weighted by molar-refractivity contribution is 0.0757. The maximum Gasteiger partial charge on any atom is 0.0614 e. The van der Waals surface area contributed by atoms with E-state index in [1.807, 2.05) is 0 Å². The molecule has 106 valence electrons. The number of aliphatic hydroxyl groups excluding tert-OH is 1. The van der Waals surface area contributed by atoms with Crippen LogP contribution in [0.25, 0.3) is 0 Å². The van der Waals surface area contributed by atoms with Gasteiger partial charge in [-0.1, -0.05) is 37.3 Å². The van der Waals surface area contributed by atoms with Gasteiger partial charge in [-0.3, -0.25) is 4.90 Å². The molecule has 3 heteroatoms. The highest BCUT2D eigenvalue weighted by atomic mass is 16.3. The Kier molecular flexibility index (Phi) is 5.37. The van der Waals surface area contributed by atoms with Gasteiger partial charge in [0.15, 0.2) is 0 Å². The van der Waals surface area contributed by atoms with E-state index in [0.29, 0.717) is 0 Å². The molecule has 1 aromatic carbocycles. The first-order chi connectivity index (χ1) is 9.28. The summed E-state index contributed by atoms with van der Waals surface area (Å²) in [7, 11) is 0. The van der Waals surface area contributed by atoms with Crippen molar-refractivity contribution < 1.29 is 5.11 Å². The molecule has 2 rings (SSSR count). The SMILES string of the molecule is CCCNC1(CO)CCN(Cc2ccccc2)CC1. The molecule has 0 aliphatic carbocycles. The van der Waals surface area contributed by atoms with E-state index in [2.05, 4.69) is 47.5 Å². The minimum Gasteiger partial charge on any atom is -0.394 e. The highest BCUT2D eigenvalue weighted by Gasteiger charge is 2.33. The molecule has 3 nitrogen and oxygen atoms in total. The van der Waals surface area contributed by atoms with E-state index in [-0.39, 0.29) is 12.1 Å². The molecule has 0 amide bonds. The zero-order valence-corrected chi connectivity index (χ0v) is 11.9. The molecule has 0 unspecified atom stereocenters. The molecule has 1 heterocycles. The normalized spacial score (nSPS) is 19.5. The van der Waals surface area contributed by atoms with Crippen molar-refractivity contribution in [3.8, 4) is 0 Å². The summed E-state index contributed by atoms with van der Waals surface area (Å²) >= 11 is 0. The molecule has 0 saturated carbocycles. The number of nitrogens with one attached hydrogen (secondary N) is 1. The average molecular weight is 262 g/mol. The number of piperidine rings is 1. The van der Waals surface area contributed by atoms with E-state index >= 15 is 0 Å². The van der Waals surface area contributed by atoms with Gasteiger partial charge in [0, 0.05) is 25.2 Å². The van der Waals surface area contributed by atoms with Crippen LogP contribution >= 0.6 is 0 Å². The van der Waals surface area contributed by atoms with E-state index in [4.69, 9.17) is 0 Å². The van der Waals surface area contributed by atoms with Gasteiger partial charge >= 0.3 is 0 Å². The Bertz CT molecular complexity index is 358. The number of aliphatic hydroxyl groups is 1. The third-order valence-electron chi connectivity index (χ3n) is 4.11. The van der Waals surface area contributed by atoms with Crippen molar-refractivity contribution in [1.29, 1.82) is 0 Å². The van der Waals surface area contributed by atoms with Gasteiger partial charge in [0.25, 0.3) is 0 Å². The summed E-state index contributed by atoms with van der Waals surface area (Å²) < 4.78 is 0. The fourth-order valence-corrected chi connectivity index (χ4v) is 2.76. The second-order valence-corrected chi connectivity index (χ2v) is 5.63. The lowest BCUT2D eigenvalue weighted by atomic mass is 9.88. The van der Waals surface area contributed by atoms with Crippen LogP contribution in [0.15, 0.2) is 30.3 Å². The van der Waals surface area contributed by atoms with E-state index in [9.17, 15) is 5.11 Å². The van der Waals surface area contributed by atoms with Crippen LogP contribution in [0.3, 0.4) is 0 Å². The Balaban J connectivity index is 1.84. The van der Waals surface area contributed by atoms with Crippen LogP contribution in [-0.4, -0.2) is 41.8 Å². The summed E-state index contributed by atoms with van der Waals surface area (Å²) in [5.41, 5.74) is 1.34. The van der Waals surface area contributed by atoms with Crippen LogP contribution in [0.1, 0.15) is 31.7 Å². The molecule has 0 radical (unpaired) electrons. The van der Waals surface area contributed by atoms with Gasteiger partial charge in [0.05, 0.1) is 6.61 Å². The molecular weight excluding hydrogens is 236 g/mol. The molecule has 19 heavy (non-hydrogen) atoms. The molecule has 1 saturated heterocycles. The number of benzene rings is 1. The largest absolute Gasteiger partial charge is 0.394 e. The molecule has 0 atom stereocenters. The molecule has 0 bridgehead atoms. The zero-order chi connectivity index (χ0) is 13.6. The summed E-state index contributed by atoms with van der Waals surface area (Å²) in [4.78, 5) is 2.48. The molecule has 1 aliphatic heterocycles. The maximum atomic E-state index is 9.66. The second kappa shape index (κ2) is 7.04. The Morgan fingerprint density at radius 3 is 2.47 bits per heavy atom.